The van der Waals surface area contributed by atoms with E-state index in [0.29, 0.717) is 10.5 Å². The van der Waals surface area contributed by atoms with E-state index in [9.17, 15) is 13.2 Å². The summed E-state index contributed by atoms with van der Waals surface area (Å²) in [6, 6.07) is 4.62. The Kier molecular flexibility index (Phi) is 4.19. The van der Waals surface area contributed by atoms with Gasteiger partial charge in [0.15, 0.2) is 10.9 Å². The number of nitrogens with one attached hydrogen (secondary N) is 2. The van der Waals surface area contributed by atoms with E-state index in [2.05, 4.69) is 31.3 Å². The fourth-order valence-corrected chi connectivity index (χ4v) is 2.00. The van der Waals surface area contributed by atoms with E-state index < -0.39 is 6.36 Å². The number of rotatable bonds is 3. The van der Waals surface area contributed by atoms with Crippen molar-refractivity contribution in [3.8, 4) is 5.75 Å². The molecule has 19 heavy (non-hydrogen) atoms. The third-order valence-electron chi connectivity index (χ3n) is 2.33. The first-order valence-corrected chi connectivity index (χ1v) is 6.66. The van der Waals surface area contributed by atoms with Crippen LogP contribution in [0, 0.1) is 0 Å². The SMILES string of the molecule is FC(F)(F)Oc1cc(Br)ccc1NC(=S)NC1CC1. The van der Waals surface area contributed by atoms with Gasteiger partial charge in [-0.1, -0.05) is 15.9 Å². The van der Waals surface area contributed by atoms with Gasteiger partial charge in [0.25, 0.3) is 0 Å². The Balaban J connectivity index is 2.11. The van der Waals surface area contributed by atoms with Crippen LogP contribution in [0.15, 0.2) is 22.7 Å². The molecular weight excluding hydrogens is 345 g/mol. The van der Waals surface area contributed by atoms with Gasteiger partial charge in [0.05, 0.1) is 5.69 Å². The highest BCUT2D eigenvalue weighted by Crippen LogP contribution is 2.33. The van der Waals surface area contributed by atoms with Crippen molar-refractivity contribution in [1.29, 1.82) is 0 Å². The number of hydrogen-bond donors (Lipinski definition) is 2. The normalized spacial score (nSPS) is 14.9. The zero-order chi connectivity index (χ0) is 14.0. The minimum atomic E-state index is -4.75. The molecule has 0 heterocycles. The first-order valence-electron chi connectivity index (χ1n) is 5.46. The lowest BCUT2D eigenvalue weighted by molar-refractivity contribution is -0.274. The van der Waals surface area contributed by atoms with Crippen molar-refractivity contribution >= 4 is 38.9 Å². The number of hydrogen-bond acceptors (Lipinski definition) is 2. The number of halogens is 4. The van der Waals surface area contributed by atoms with E-state index in [-0.39, 0.29) is 16.5 Å². The molecule has 2 rings (SSSR count). The van der Waals surface area contributed by atoms with Gasteiger partial charge in [-0.25, -0.2) is 0 Å². The molecule has 1 aromatic rings. The molecule has 104 valence electrons. The lowest BCUT2D eigenvalue weighted by Gasteiger charge is -2.16. The monoisotopic (exact) mass is 354 g/mol. The van der Waals surface area contributed by atoms with E-state index in [4.69, 9.17) is 12.2 Å². The van der Waals surface area contributed by atoms with Crippen LogP contribution >= 0.6 is 28.1 Å². The van der Waals surface area contributed by atoms with E-state index in [1.807, 2.05) is 0 Å². The molecule has 0 spiro atoms. The van der Waals surface area contributed by atoms with Gasteiger partial charge in [-0.15, -0.1) is 13.2 Å². The van der Waals surface area contributed by atoms with Gasteiger partial charge in [-0.3, -0.25) is 0 Å². The second-order valence-corrected chi connectivity index (χ2v) is 5.38. The van der Waals surface area contributed by atoms with E-state index >= 15 is 0 Å². The van der Waals surface area contributed by atoms with Gasteiger partial charge in [0, 0.05) is 10.5 Å². The van der Waals surface area contributed by atoms with Crippen molar-refractivity contribution in [2.75, 3.05) is 5.32 Å². The standard InChI is InChI=1S/C11H10BrF3N2OS/c12-6-1-4-8(9(5-6)18-11(13,14)15)17-10(19)16-7-2-3-7/h1,4-5,7H,2-3H2,(H2,16,17,19). The highest BCUT2D eigenvalue weighted by molar-refractivity contribution is 9.10. The molecule has 0 aliphatic heterocycles. The Labute approximate surface area is 121 Å². The Bertz CT molecular complexity index is 491. The van der Waals surface area contributed by atoms with Crippen molar-refractivity contribution in [3.63, 3.8) is 0 Å². The van der Waals surface area contributed by atoms with Crippen LogP contribution in [0.1, 0.15) is 12.8 Å². The van der Waals surface area contributed by atoms with Crippen LogP contribution in [0.2, 0.25) is 0 Å². The van der Waals surface area contributed by atoms with Crippen LogP contribution in [0.4, 0.5) is 18.9 Å². The van der Waals surface area contributed by atoms with E-state index in [1.165, 1.54) is 12.1 Å². The maximum atomic E-state index is 12.3. The quantitative estimate of drug-likeness (QED) is 0.809. The van der Waals surface area contributed by atoms with Crippen molar-refractivity contribution in [2.45, 2.75) is 25.2 Å². The fourth-order valence-electron chi connectivity index (χ4n) is 1.38. The molecule has 0 unspecified atom stereocenters. The van der Waals surface area contributed by atoms with Crippen LogP contribution in [0.5, 0.6) is 5.75 Å². The summed E-state index contributed by atoms with van der Waals surface area (Å²) in [6.07, 6.45) is -2.70. The van der Waals surface area contributed by atoms with Gasteiger partial charge in [-0.05, 0) is 43.3 Å². The number of ether oxygens (including phenoxy) is 1. The van der Waals surface area contributed by atoms with Crippen LogP contribution in [-0.4, -0.2) is 17.5 Å². The average Bonchev–Trinajstić information content (AvgIpc) is 3.03. The summed E-state index contributed by atoms with van der Waals surface area (Å²) in [4.78, 5) is 0. The molecule has 0 radical (unpaired) electrons. The molecule has 0 aromatic heterocycles. The third kappa shape index (κ3) is 4.87. The van der Waals surface area contributed by atoms with Gasteiger partial charge < -0.3 is 15.4 Å². The molecule has 3 nitrogen and oxygen atoms in total. The van der Waals surface area contributed by atoms with Crippen molar-refractivity contribution in [1.82, 2.24) is 5.32 Å². The van der Waals surface area contributed by atoms with Crippen molar-refractivity contribution < 1.29 is 17.9 Å². The molecule has 8 heteroatoms. The Morgan fingerprint density at radius 1 is 1.37 bits per heavy atom. The second-order valence-electron chi connectivity index (χ2n) is 4.06. The Morgan fingerprint density at radius 3 is 2.63 bits per heavy atom. The smallest absolute Gasteiger partial charge is 0.404 e. The predicted molar refractivity (Wildman–Crippen MR) is 73.2 cm³/mol. The third-order valence-corrected chi connectivity index (χ3v) is 3.04. The first kappa shape index (κ1) is 14.4. The average molecular weight is 355 g/mol. The van der Waals surface area contributed by atoms with Crippen LogP contribution in [-0.2, 0) is 0 Å². The number of benzene rings is 1. The molecule has 1 aliphatic rings. The Hall–Kier alpha value is -1.02. The van der Waals surface area contributed by atoms with Crippen molar-refractivity contribution in [2.24, 2.45) is 0 Å². The largest absolute Gasteiger partial charge is 0.573 e. The summed E-state index contributed by atoms with van der Waals surface area (Å²) in [6.45, 7) is 0. The highest BCUT2D eigenvalue weighted by Gasteiger charge is 2.32. The summed E-state index contributed by atoms with van der Waals surface area (Å²) in [5.74, 6) is -0.332. The molecular formula is C11H10BrF3N2OS. The summed E-state index contributed by atoms with van der Waals surface area (Å²) < 4.78 is 41.3. The van der Waals surface area contributed by atoms with Crippen LogP contribution < -0.4 is 15.4 Å². The molecule has 1 aromatic carbocycles. The lowest BCUT2D eigenvalue weighted by atomic mass is 10.3. The molecule has 2 N–H and O–H groups in total. The van der Waals surface area contributed by atoms with Crippen molar-refractivity contribution in [3.05, 3.63) is 22.7 Å². The Morgan fingerprint density at radius 2 is 2.05 bits per heavy atom. The number of thiocarbonyl (C=S) groups is 1. The minimum Gasteiger partial charge on any atom is -0.404 e. The van der Waals surface area contributed by atoms with Gasteiger partial charge in [0.2, 0.25) is 0 Å². The van der Waals surface area contributed by atoms with E-state index in [0.717, 1.165) is 12.8 Å². The molecule has 1 saturated carbocycles. The maximum absolute atomic E-state index is 12.3. The topological polar surface area (TPSA) is 33.3 Å². The minimum absolute atomic E-state index is 0.165. The molecule has 0 atom stereocenters. The maximum Gasteiger partial charge on any atom is 0.573 e. The zero-order valence-corrected chi connectivity index (χ0v) is 12.0. The number of anilines is 1. The summed E-state index contributed by atoms with van der Waals surface area (Å²) in [5.41, 5.74) is 0.165. The molecule has 0 amide bonds. The summed E-state index contributed by atoms with van der Waals surface area (Å²) in [5, 5.41) is 5.97. The highest BCUT2D eigenvalue weighted by atomic mass is 79.9. The molecule has 1 aliphatic carbocycles. The molecule has 1 fully saturated rings. The second kappa shape index (κ2) is 5.54. The van der Waals surface area contributed by atoms with E-state index in [1.54, 1.807) is 6.07 Å². The van der Waals surface area contributed by atoms with Crippen LogP contribution in [0.3, 0.4) is 0 Å². The predicted octanol–water partition coefficient (Wildman–Crippen LogP) is 3.80. The van der Waals surface area contributed by atoms with Gasteiger partial charge in [-0.2, -0.15) is 0 Å². The first-order chi connectivity index (χ1) is 8.83. The summed E-state index contributed by atoms with van der Waals surface area (Å²) >= 11 is 8.11. The molecule has 0 bridgehead atoms. The fraction of sp³-hybridized carbons (Fsp3) is 0.364. The lowest BCUT2D eigenvalue weighted by Crippen LogP contribution is -2.30. The molecule has 0 saturated heterocycles. The number of alkyl halides is 3. The van der Waals surface area contributed by atoms with Gasteiger partial charge >= 0.3 is 6.36 Å². The zero-order valence-electron chi connectivity index (χ0n) is 9.55. The van der Waals surface area contributed by atoms with Crippen LogP contribution in [0.25, 0.3) is 0 Å². The summed E-state index contributed by atoms with van der Waals surface area (Å²) in [7, 11) is 0. The van der Waals surface area contributed by atoms with Gasteiger partial charge in [0.1, 0.15) is 0 Å².